The van der Waals surface area contributed by atoms with Gasteiger partial charge in [0.25, 0.3) is 0 Å². The lowest BCUT2D eigenvalue weighted by Crippen LogP contribution is -2.42. The first-order chi connectivity index (χ1) is 9.26. The number of para-hydroxylation sites is 1. The summed E-state index contributed by atoms with van der Waals surface area (Å²) >= 11 is 1.73. The lowest BCUT2D eigenvalue weighted by atomic mass is 10.0. The highest BCUT2D eigenvalue weighted by Gasteiger charge is 2.29. The minimum atomic E-state index is 0.201. The van der Waals surface area contributed by atoms with Gasteiger partial charge in [-0.1, -0.05) is 18.2 Å². The summed E-state index contributed by atoms with van der Waals surface area (Å²) in [6, 6.07) is 8.60. The van der Waals surface area contributed by atoms with Crippen LogP contribution in [0, 0.1) is 6.92 Å². The first-order valence-corrected chi connectivity index (χ1v) is 7.47. The Balaban J connectivity index is 1.71. The van der Waals surface area contributed by atoms with Crippen LogP contribution in [0.5, 0.6) is 5.75 Å². The van der Waals surface area contributed by atoms with Gasteiger partial charge >= 0.3 is 0 Å². The van der Waals surface area contributed by atoms with Gasteiger partial charge in [-0.2, -0.15) is 0 Å². The summed E-state index contributed by atoms with van der Waals surface area (Å²) < 4.78 is 6.05. The molecule has 0 amide bonds. The van der Waals surface area contributed by atoms with Gasteiger partial charge in [0.05, 0.1) is 11.0 Å². The SMILES string of the molecule is CNC(Cc1nc(C)cs1)C1Cc2ccccc2O1. The molecule has 2 unspecified atom stereocenters. The van der Waals surface area contributed by atoms with E-state index < -0.39 is 0 Å². The van der Waals surface area contributed by atoms with Crippen molar-refractivity contribution in [1.29, 1.82) is 0 Å². The predicted octanol–water partition coefficient (Wildman–Crippen LogP) is 2.59. The van der Waals surface area contributed by atoms with E-state index in [1.54, 1.807) is 11.3 Å². The van der Waals surface area contributed by atoms with Crippen molar-refractivity contribution >= 4 is 11.3 Å². The van der Waals surface area contributed by atoms with Crippen LogP contribution in [-0.4, -0.2) is 24.2 Å². The zero-order valence-electron chi connectivity index (χ0n) is 11.2. The quantitative estimate of drug-likeness (QED) is 0.930. The minimum Gasteiger partial charge on any atom is -0.488 e. The van der Waals surface area contributed by atoms with E-state index in [0.29, 0.717) is 6.04 Å². The molecule has 0 spiro atoms. The molecule has 1 N–H and O–H groups in total. The first-order valence-electron chi connectivity index (χ1n) is 6.59. The largest absolute Gasteiger partial charge is 0.488 e. The summed E-state index contributed by atoms with van der Waals surface area (Å²) in [5.74, 6) is 1.03. The molecule has 0 radical (unpaired) electrons. The van der Waals surface area contributed by atoms with Crippen LogP contribution in [-0.2, 0) is 12.8 Å². The number of hydrogen-bond acceptors (Lipinski definition) is 4. The van der Waals surface area contributed by atoms with Crippen molar-refractivity contribution in [2.24, 2.45) is 0 Å². The zero-order chi connectivity index (χ0) is 13.2. The molecule has 100 valence electrons. The lowest BCUT2D eigenvalue weighted by Gasteiger charge is -2.21. The fourth-order valence-corrected chi connectivity index (χ4v) is 3.37. The van der Waals surface area contributed by atoms with E-state index in [4.69, 9.17) is 4.74 Å². The molecule has 3 nitrogen and oxygen atoms in total. The Kier molecular flexibility index (Phi) is 3.53. The number of benzene rings is 1. The number of nitrogens with one attached hydrogen (secondary N) is 1. The second kappa shape index (κ2) is 5.31. The lowest BCUT2D eigenvalue weighted by molar-refractivity contribution is 0.182. The van der Waals surface area contributed by atoms with Gasteiger partial charge in [-0.25, -0.2) is 4.98 Å². The molecule has 0 saturated heterocycles. The van der Waals surface area contributed by atoms with Gasteiger partial charge in [0.1, 0.15) is 11.9 Å². The minimum absolute atomic E-state index is 0.201. The number of aryl methyl sites for hydroxylation is 1. The van der Waals surface area contributed by atoms with E-state index >= 15 is 0 Å². The average Bonchev–Trinajstić information content (AvgIpc) is 3.01. The number of hydrogen-bond donors (Lipinski definition) is 1. The second-order valence-corrected chi connectivity index (χ2v) is 5.89. The van der Waals surface area contributed by atoms with Crippen molar-refractivity contribution in [2.45, 2.75) is 31.9 Å². The molecule has 0 bridgehead atoms. The average molecular weight is 274 g/mol. The van der Waals surface area contributed by atoms with Crippen LogP contribution >= 0.6 is 11.3 Å². The molecule has 1 aliphatic rings. The number of thiazole rings is 1. The van der Waals surface area contributed by atoms with E-state index in [2.05, 4.69) is 33.9 Å². The molecule has 1 aromatic carbocycles. The zero-order valence-corrected chi connectivity index (χ0v) is 12.0. The van der Waals surface area contributed by atoms with E-state index in [0.717, 1.165) is 24.3 Å². The molecule has 3 rings (SSSR count). The maximum Gasteiger partial charge on any atom is 0.123 e. The number of fused-ring (bicyclic) bond motifs is 1. The highest BCUT2D eigenvalue weighted by molar-refractivity contribution is 7.09. The Labute approximate surface area is 117 Å². The van der Waals surface area contributed by atoms with Crippen molar-refractivity contribution in [2.75, 3.05) is 7.05 Å². The molecule has 1 aromatic heterocycles. The highest BCUT2D eigenvalue weighted by Crippen LogP contribution is 2.30. The van der Waals surface area contributed by atoms with Crippen LogP contribution in [0.15, 0.2) is 29.6 Å². The first kappa shape index (κ1) is 12.6. The third-order valence-corrected chi connectivity index (χ3v) is 4.54. The Morgan fingerprint density at radius 2 is 2.32 bits per heavy atom. The molecule has 0 aliphatic carbocycles. The van der Waals surface area contributed by atoms with Crippen LogP contribution in [0.1, 0.15) is 16.3 Å². The molecular weight excluding hydrogens is 256 g/mol. The van der Waals surface area contributed by atoms with Gasteiger partial charge < -0.3 is 10.1 Å². The Morgan fingerprint density at radius 3 is 3.00 bits per heavy atom. The molecule has 2 heterocycles. The number of likely N-dealkylation sites (N-methyl/N-ethyl adjacent to an activating group) is 1. The number of nitrogens with zero attached hydrogens (tertiary/aromatic N) is 1. The van der Waals surface area contributed by atoms with Crippen LogP contribution in [0.4, 0.5) is 0 Å². The van der Waals surface area contributed by atoms with E-state index in [9.17, 15) is 0 Å². The maximum absolute atomic E-state index is 6.05. The van der Waals surface area contributed by atoms with Crippen molar-refractivity contribution in [3.8, 4) is 5.75 Å². The molecular formula is C15H18N2OS. The molecule has 19 heavy (non-hydrogen) atoms. The summed E-state index contributed by atoms with van der Waals surface area (Å²) in [5.41, 5.74) is 2.41. The van der Waals surface area contributed by atoms with E-state index in [-0.39, 0.29) is 6.10 Å². The van der Waals surface area contributed by atoms with Crippen molar-refractivity contribution in [3.05, 3.63) is 45.9 Å². The summed E-state index contributed by atoms with van der Waals surface area (Å²) in [7, 11) is 2.00. The highest BCUT2D eigenvalue weighted by atomic mass is 32.1. The second-order valence-electron chi connectivity index (χ2n) is 4.95. The predicted molar refractivity (Wildman–Crippen MR) is 78.0 cm³/mol. The van der Waals surface area contributed by atoms with Gasteiger partial charge in [0.15, 0.2) is 0 Å². The van der Waals surface area contributed by atoms with E-state index in [1.807, 2.05) is 20.0 Å². The number of ether oxygens (including phenoxy) is 1. The summed E-state index contributed by atoms with van der Waals surface area (Å²) in [4.78, 5) is 4.54. The third kappa shape index (κ3) is 2.65. The molecule has 2 aromatic rings. The van der Waals surface area contributed by atoms with Crippen molar-refractivity contribution < 1.29 is 4.74 Å². The fourth-order valence-electron chi connectivity index (χ4n) is 2.54. The standard InChI is InChI=1S/C15H18N2OS/c1-10-9-19-15(17-10)8-12(16-2)14-7-11-5-3-4-6-13(11)18-14/h3-6,9,12,14,16H,7-8H2,1-2H3. The Hall–Kier alpha value is -1.39. The third-order valence-electron chi connectivity index (χ3n) is 3.55. The molecule has 4 heteroatoms. The fraction of sp³-hybridized carbons (Fsp3) is 0.400. The van der Waals surface area contributed by atoms with Crippen LogP contribution in [0.3, 0.4) is 0 Å². The van der Waals surface area contributed by atoms with Crippen molar-refractivity contribution in [3.63, 3.8) is 0 Å². The van der Waals surface area contributed by atoms with Crippen molar-refractivity contribution in [1.82, 2.24) is 10.3 Å². The Bertz CT molecular complexity index is 542. The topological polar surface area (TPSA) is 34.2 Å². The number of rotatable bonds is 4. The Morgan fingerprint density at radius 1 is 1.47 bits per heavy atom. The summed E-state index contributed by atoms with van der Waals surface area (Å²) in [6.45, 7) is 2.04. The van der Waals surface area contributed by atoms with Crippen LogP contribution in [0.25, 0.3) is 0 Å². The van der Waals surface area contributed by atoms with Gasteiger partial charge in [-0.3, -0.25) is 0 Å². The van der Waals surface area contributed by atoms with Gasteiger partial charge in [0.2, 0.25) is 0 Å². The molecule has 2 atom stereocenters. The normalized spacial score (nSPS) is 18.9. The maximum atomic E-state index is 6.05. The van der Waals surface area contributed by atoms with Gasteiger partial charge in [0, 0.05) is 23.9 Å². The summed E-state index contributed by atoms with van der Waals surface area (Å²) in [5, 5.41) is 6.66. The molecule has 0 fully saturated rings. The van der Waals surface area contributed by atoms with Crippen LogP contribution in [0.2, 0.25) is 0 Å². The molecule has 1 aliphatic heterocycles. The van der Waals surface area contributed by atoms with E-state index in [1.165, 1.54) is 10.6 Å². The smallest absolute Gasteiger partial charge is 0.123 e. The molecule has 0 saturated carbocycles. The van der Waals surface area contributed by atoms with Crippen LogP contribution < -0.4 is 10.1 Å². The monoisotopic (exact) mass is 274 g/mol. The van der Waals surface area contributed by atoms with Gasteiger partial charge in [-0.05, 0) is 25.6 Å². The number of aromatic nitrogens is 1. The van der Waals surface area contributed by atoms with Gasteiger partial charge in [-0.15, -0.1) is 11.3 Å². The summed E-state index contributed by atoms with van der Waals surface area (Å²) in [6.07, 6.45) is 2.10.